The van der Waals surface area contributed by atoms with Crippen molar-refractivity contribution in [1.29, 1.82) is 0 Å². The average Bonchev–Trinajstić information content (AvgIpc) is 1.59. The van der Waals surface area contributed by atoms with Crippen molar-refractivity contribution in [2.24, 2.45) is 0 Å². The van der Waals surface area contributed by atoms with Crippen molar-refractivity contribution in [3.05, 3.63) is 0 Å². The summed E-state index contributed by atoms with van der Waals surface area (Å²) in [5, 5.41) is 14.8. The first-order chi connectivity index (χ1) is 4.64. The van der Waals surface area contributed by atoms with E-state index in [0.717, 1.165) is 0 Å². The number of hydrogen-bond donors (Lipinski definition) is 4. The molecule has 0 saturated heterocycles. The van der Waals surface area contributed by atoms with Crippen LogP contribution >= 0.6 is 0 Å². The first-order valence-corrected chi connectivity index (χ1v) is 3.20. The maximum absolute atomic E-state index is 9.10. The Kier molecular flexibility index (Phi) is 19.7. The normalized spacial score (nSPS) is 7.85. The van der Waals surface area contributed by atoms with Crippen LogP contribution in [-0.2, 0) is 20.0 Å². The van der Waals surface area contributed by atoms with E-state index in [2.05, 4.69) is 0 Å². The summed E-state index contributed by atoms with van der Waals surface area (Å²) in [6.07, 6.45) is 0. The number of hydrogen-bond acceptors (Lipinski definition) is 4. The summed E-state index contributed by atoms with van der Waals surface area (Å²) in [5.41, 5.74) is 0. The Hall–Kier alpha value is 0.810. The third-order valence-corrected chi connectivity index (χ3v) is 0.183. The van der Waals surface area contributed by atoms with Crippen LogP contribution in [0.15, 0.2) is 0 Å². The molecule has 0 aromatic rings. The molecule has 0 aliphatic heterocycles. The Labute approximate surface area is 120 Å². The minimum absolute atomic E-state index is 0. The molecule has 0 atom stereocenters. The van der Waals surface area contributed by atoms with E-state index in [1.54, 1.807) is 0 Å². The van der Waals surface area contributed by atoms with Crippen LogP contribution in [0, 0.1) is 0 Å². The molecular formula is C2H6Na2O8S. The maximum atomic E-state index is 9.10. The average molecular weight is 236 g/mol. The second kappa shape index (κ2) is 10.9. The number of rotatable bonds is 0. The molecule has 0 spiro atoms. The van der Waals surface area contributed by atoms with E-state index in [0.29, 0.717) is 0 Å². The van der Waals surface area contributed by atoms with Gasteiger partial charge in [-0.15, -0.1) is 0 Å². The summed E-state index contributed by atoms with van der Waals surface area (Å²) in [6.45, 7) is 0. The van der Waals surface area contributed by atoms with Gasteiger partial charge in [0, 0.05) is 0 Å². The molecule has 0 rings (SSSR count). The molecule has 13 heavy (non-hydrogen) atoms. The van der Waals surface area contributed by atoms with Gasteiger partial charge in [0.2, 0.25) is 0 Å². The second-order valence-corrected chi connectivity index (χ2v) is 1.95. The molecule has 0 aliphatic rings. The quantitative estimate of drug-likeness (QED) is 0.184. The fraction of sp³-hybridized carbons (Fsp3) is 0. The Bertz CT molecular complexity index is 231. The van der Waals surface area contributed by atoms with E-state index in [1.165, 1.54) is 0 Å². The Morgan fingerprint density at radius 3 is 1.00 bits per heavy atom. The van der Waals surface area contributed by atoms with Gasteiger partial charge in [0.15, 0.2) is 0 Å². The van der Waals surface area contributed by atoms with Crippen molar-refractivity contribution >= 4 is 22.3 Å². The monoisotopic (exact) mass is 236 g/mol. The van der Waals surface area contributed by atoms with Gasteiger partial charge in [-0.05, 0) is 0 Å². The Balaban J connectivity index is -0.0000000215. The number of carboxylic acid groups (broad SMARTS) is 2. The van der Waals surface area contributed by atoms with Crippen molar-refractivity contribution in [3.63, 3.8) is 0 Å². The summed E-state index contributed by atoms with van der Waals surface area (Å²) in [7, 11) is -4.67. The fourth-order valence-corrected chi connectivity index (χ4v) is 0. The smallest absolute Gasteiger partial charge is 1.00 e. The fourth-order valence-electron chi connectivity index (χ4n) is 0. The van der Waals surface area contributed by atoms with Gasteiger partial charge in [0.1, 0.15) is 0 Å². The summed E-state index contributed by atoms with van der Waals surface area (Å²) >= 11 is 0. The second-order valence-electron chi connectivity index (χ2n) is 1.06. The van der Waals surface area contributed by atoms with Crippen LogP contribution in [0.5, 0.6) is 0 Å². The van der Waals surface area contributed by atoms with Crippen LogP contribution in [0.1, 0.15) is 2.85 Å². The van der Waals surface area contributed by atoms with Gasteiger partial charge in [0.05, 0.1) is 0 Å². The molecular weight excluding hydrogens is 230 g/mol. The van der Waals surface area contributed by atoms with Gasteiger partial charge in [-0.2, -0.15) is 8.42 Å². The molecule has 0 amide bonds. The van der Waals surface area contributed by atoms with Crippen molar-refractivity contribution in [1.82, 2.24) is 0 Å². The SMILES string of the molecule is O=C(O)C(=O)O.O=S(=O)(O)O.[H-].[H-].[Na+].[Na+]. The van der Waals surface area contributed by atoms with Gasteiger partial charge in [-0.1, -0.05) is 0 Å². The number of aliphatic carboxylic acids is 2. The molecule has 0 fully saturated rings. The molecule has 0 bridgehead atoms. The summed E-state index contributed by atoms with van der Waals surface area (Å²) in [6, 6.07) is 0. The van der Waals surface area contributed by atoms with Crippen molar-refractivity contribution < 1.29 is 99.3 Å². The van der Waals surface area contributed by atoms with Gasteiger partial charge in [0.25, 0.3) is 0 Å². The number of carbonyl (C=O) groups is 2. The molecule has 0 radical (unpaired) electrons. The van der Waals surface area contributed by atoms with Gasteiger partial charge in [-0.3, -0.25) is 9.11 Å². The molecule has 0 unspecified atom stereocenters. The minimum atomic E-state index is -4.67. The molecule has 11 heteroatoms. The molecule has 0 saturated carbocycles. The van der Waals surface area contributed by atoms with Crippen molar-refractivity contribution in [2.75, 3.05) is 0 Å². The predicted octanol–water partition coefficient (Wildman–Crippen LogP) is -7.26. The van der Waals surface area contributed by atoms with E-state index >= 15 is 0 Å². The van der Waals surface area contributed by atoms with Gasteiger partial charge < -0.3 is 13.1 Å². The summed E-state index contributed by atoms with van der Waals surface area (Å²) in [4.78, 5) is 18.2. The van der Waals surface area contributed by atoms with Crippen LogP contribution in [-0.4, -0.2) is 39.7 Å². The third-order valence-electron chi connectivity index (χ3n) is 0.183. The molecule has 0 aliphatic carbocycles. The standard InChI is InChI=1S/C2H2O4.2Na.H2O4S.2H/c3-1(4)2(5)6;;;1-5(2,3)4;;/h(H,3,4)(H,5,6);;;(H2,1,2,3,4);;/q;2*+1;;2*-1. The van der Waals surface area contributed by atoms with Crippen LogP contribution in [0.25, 0.3) is 0 Å². The first-order valence-electron chi connectivity index (χ1n) is 1.80. The van der Waals surface area contributed by atoms with Crippen LogP contribution in [0.3, 0.4) is 0 Å². The topological polar surface area (TPSA) is 149 Å². The van der Waals surface area contributed by atoms with Crippen molar-refractivity contribution in [2.45, 2.75) is 0 Å². The van der Waals surface area contributed by atoms with E-state index in [9.17, 15) is 0 Å². The van der Waals surface area contributed by atoms with E-state index < -0.39 is 22.3 Å². The maximum Gasteiger partial charge on any atom is 1.00 e. The van der Waals surface area contributed by atoms with Gasteiger partial charge >= 0.3 is 81.5 Å². The zero-order valence-electron chi connectivity index (χ0n) is 8.83. The van der Waals surface area contributed by atoms with Gasteiger partial charge in [-0.25, -0.2) is 9.59 Å². The zero-order chi connectivity index (χ0) is 9.65. The predicted molar refractivity (Wildman–Crippen MR) is 31.7 cm³/mol. The Morgan fingerprint density at radius 2 is 1.00 bits per heavy atom. The molecule has 4 N–H and O–H groups in total. The summed E-state index contributed by atoms with van der Waals surface area (Å²) in [5.74, 6) is -3.65. The molecule has 0 heterocycles. The molecule has 8 nitrogen and oxygen atoms in total. The van der Waals surface area contributed by atoms with Crippen LogP contribution in [0.4, 0.5) is 0 Å². The molecule has 70 valence electrons. The van der Waals surface area contributed by atoms with E-state index in [4.69, 9.17) is 37.3 Å². The minimum Gasteiger partial charge on any atom is -1.00 e. The van der Waals surface area contributed by atoms with E-state index in [1.807, 2.05) is 0 Å². The first kappa shape index (κ1) is 23.5. The third kappa shape index (κ3) is 64.7. The molecule has 0 aromatic heterocycles. The zero-order valence-corrected chi connectivity index (χ0v) is 11.6. The van der Waals surface area contributed by atoms with E-state index in [-0.39, 0.29) is 62.0 Å². The van der Waals surface area contributed by atoms with Crippen LogP contribution < -0.4 is 59.1 Å². The van der Waals surface area contributed by atoms with Crippen molar-refractivity contribution in [3.8, 4) is 0 Å². The van der Waals surface area contributed by atoms with Crippen LogP contribution in [0.2, 0.25) is 0 Å². The largest absolute Gasteiger partial charge is 1.00 e. The summed E-state index contributed by atoms with van der Waals surface area (Å²) < 4.78 is 31.6. The molecule has 0 aromatic carbocycles. The Morgan fingerprint density at radius 1 is 0.923 bits per heavy atom. The number of carboxylic acids is 2.